The molecular formula is C13H19N5O6. The monoisotopic (exact) mass is 341 g/mol. The number of H-pyrrole nitrogens is 1. The molecule has 0 bridgehead atoms. The summed E-state index contributed by atoms with van der Waals surface area (Å²) in [6, 6.07) is 0. The first-order chi connectivity index (χ1) is 11.1. The topological polar surface area (TPSA) is 180 Å². The summed E-state index contributed by atoms with van der Waals surface area (Å²) < 4.78 is 6.68. The van der Waals surface area contributed by atoms with Crippen LogP contribution in [0, 0.1) is 0 Å². The molecule has 11 nitrogen and oxygen atoms in total. The number of aromatic nitrogens is 4. The minimum absolute atomic E-state index is 0.00376. The molecule has 0 aliphatic carbocycles. The molecule has 2 aromatic heterocycles. The number of fused-ring (bicyclic) bond motifs is 1. The van der Waals surface area contributed by atoms with Gasteiger partial charge in [-0.15, -0.1) is 0 Å². The van der Waals surface area contributed by atoms with E-state index < -0.39 is 42.3 Å². The van der Waals surface area contributed by atoms with Gasteiger partial charge < -0.3 is 30.9 Å². The molecule has 1 aliphatic heterocycles. The third kappa shape index (κ3) is 2.46. The fourth-order valence-electron chi connectivity index (χ4n) is 2.77. The lowest BCUT2D eigenvalue weighted by molar-refractivity contribution is -0.0582. The summed E-state index contributed by atoms with van der Waals surface area (Å²) in [5, 5.41) is 39.8. The van der Waals surface area contributed by atoms with Crippen molar-refractivity contribution in [3.8, 4) is 0 Å². The standard InChI is InChI=1S/C13H19N5O6/c1-13(2,23)11-15-5-8(16-12(14)17-9(5)22)18(11)10-7(21)6(20)4(3-19)24-10/h4,6-7,10,19-21,23H,3H2,1-2H3,(H3,14,16,17,22)/t4-,6-,7-,10-/m1/s1. The predicted octanol–water partition coefficient (Wildman–Crippen LogP) is -2.46. The lowest BCUT2D eigenvalue weighted by Gasteiger charge is -2.24. The van der Waals surface area contributed by atoms with Gasteiger partial charge >= 0.3 is 0 Å². The summed E-state index contributed by atoms with van der Waals surface area (Å²) in [6.07, 6.45) is -5.02. The highest BCUT2D eigenvalue weighted by atomic mass is 16.6. The fourth-order valence-corrected chi connectivity index (χ4v) is 2.77. The summed E-state index contributed by atoms with van der Waals surface area (Å²) in [4.78, 5) is 22.4. The van der Waals surface area contributed by atoms with Crippen LogP contribution in [0.3, 0.4) is 0 Å². The van der Waals surface area contributed by atoms with Gasteiger partial charge in [-0.05, 0) is 13.8 Å². The van der Waals surface area contributed by atoms with E-state index in [1.807, 2.05) is 0 Å². The van der Waals surface area contributed by atoms with Crippen molar-refractivity contribution < 1.29 is 25.2 Å². The van der Waals surface area contributed by atoms with Gasteiger partial charge in [-0.2, -0.15) is 4.98 Å². The van der Waals surface area contributed by atoms with Crippen molar-refractivity contribution in [3.63, 3.8) is 0 Å². The maximum absolute atomic E-state index is 12.0. The Kier molecular flexibility index (Phi) is 3.85. The third-order valence-corrected chi connectivity index (χ3v) is 3.89. The Morgan fingerprint density at radius 1 is 1.33 bits per heavy atom. The third-order valence-electron chi connectivity index (χ3n) is 3.89. The molecule has 0 radical (unpaired) electrons. The average molecular weight is 341 g/mol. The number of anilines is 1. The number of ether oxygens (including phenoxy) is 1. The van der Waals surface area contributed by atoms with Gasteiger partial charge in [0.2, 0.25) is 5.95 Å². The second kappa shape index (κ2) is 5.50. The summed E-state index contributed by atoms with van der Waals surface area (Å²) >= 11 is 0. The van der Waals surface area contributed by atoms with E-state index in [-0.39, 0.29) is 22.9 Å². The number of nitrogen functional groups attached to an aromatic ring is 1. The van der Waals surface area contributed by atoms with Gasteiger partial charge in [0.15, 0.2) is 17.4 Å². The second-order valence-electron chi connectivity index (χ2n) is 6.22. The second-order valence-corrected chi connectivity index (χ2v) is 6.22. The molecule has 0 spiro atoms. The molecule has 3 heterocycles. The van der Waals surface area contributed by atoms with Crippen LogP contribution in [0.2, 0.25) is 0 Å². The van der Waals surface area contributed by atoms with E-state index in [9.17, 15) is 25.2 Å². The predicted molar refractivity (Wildman–Crippen MR) is 80.8 cm³/mol. The molecule has 0 saturated carbocycles. The van der Waals surface area contributed by atoms with Crippen LogP contribution >= 0.6 is 0 Å². The number of nitrogens with one attached hydrogen (secondary N) is 1. The molecule has 1 saturated heterocycles. The van der Waals surface area contributed by atoms with Gasteiger partial charge in [0.25, 0.3) is 5.56 Å². The summed E-state index contributed by atoms with van der Waals surface area (Å²) in [5.41, 5.74) is 3.33. The van der Waals surface area contributed by atoms with Crippen molar-refractivity contribution >= 4 is 17.1 Å². The number of imidazole rings is 1. The maximum Gasteiger partial charge on any atom is 0.280 e. The van der Waals surface area contributed by atoms with Gasteiger partial charge in [-0.1, -0.05) is 0 Å². The number of hydrogen-bond acceptors (Lipinski definition) is 9. The van der Waals surface area contributed by atoms with Crippen molar-refractivity contribution in [2.24, 2.45) is 0 Å². The average Bonchev–Trinajstić information content (AvgIpc) is 2.98. The van der Waals surface area contributed by atoms with E-state index in [4.69, 9.17) is 10.5 Å². The first-order valence-corrected chi connectivity index (χ1v) is 7.28. The van der Waals surface area contributed by atoms with E-state index in [0.29, 0.717) is 0 Å². The zero-order chi connectivity index (χ0) is 17.8. The molecular weight excluding hydrogens is 322 g/mol. The van der Waals surface area contributed by atoms with Crippen molar-refractivity contribution in [2.45, 2.75) is 44.0 Å². The molecule has 4 atom stereocenters. The van der Waals surface area contributed by atoms with E-state index in [1.165, 1.54) is 18.4 Å². The lowest BCUT2D eigenvalue weighted by atomic mass is 10.1. The quantitative estimate of drug-likeness (QED) is 0.353. The Labute approximate surface area is 135 Å². The molecule has 11 heteroatoms. The summed E-state index contributed by atoms with van der Waals surface area (Å²) in [6.45, 7) is 2.35. The van der Waals surface area contributed by atoms with Crippen LogP contribution in [0.25, 0.3) is 11.2 Å². The van der Waals surface area contributed by atoms with Crippen molar-refractivity contribution in [1.82, 2.24) is 19.5 Å². The molecule has 7 N–H and O–H groups in total. The first-order valence-electron chi connectivity index (χ1n) is 7.28. The number of hydrogen-bond donors (Lipinski definition) is 6. The first kappa shape index (κ1) is 16.8. The van der Waals surface area contributed by atoms with Crippen LogP contribution in [0.4, 0.5) is 5.95 Å². The molecule has 0 aromatic carbocycles. The van der Waals surface area contributed by atoms with E-state index in [1.54, 1.807) is 0 Å². The van der Waals surface area contributed by atoms with Gasteiger partial charge in [0.1, 0.15) is 29.7 Å². The highest BCUT2D eigenvalue weighted by molar-refractivity contribution is 5.72. The Balaban J connectivity index is 2.28. The van der Waals surface area contributed by atoms with Gasteiger partial charge in [-0.3, -0.25) is 14.3 Å². The van der Waals surface area contributed by atoms with Gasteiger partial charge in [0.05, 0.1) is 6.61 Å². The molecule has 0 amide bonds. The summed E-state index contributed by atoms with van der Waals surface area (Å²) in [5.74, 6) is -0.182. The van der Waals surface area contributed by atoms with E-state index in [0.717, 1.165) is 0 Å². The Hall–Kier alpha value is -2.05. The summed E-state index contributed by atoms with van der Waals surface area (Å²) in [7, 11) is 0. The largest absolute Gasteiger partial charge is 0.394 e. The molecule has 0 unspecified atom stereocenters. The molecule has 3 rings (SSSR count). The highest BCUT2D eigenvalue weighted by Crippen LogP contribution is 2.35. The van der Waals surface area contributed by atoms with Crippen LogP contribution in [0.1, 0.15) is 25.9 Å². The molecule has 2 aromatic rings. The SMILES string of the molecule is CC(C)(O)c1nc2c(=O)[nH]c(N)nc2n1[C@@H]1O[C@H](CO)[C@@H](O)[C@H]1O. The highest BCUT2D eigenvalue weighted by Gasteiger charge is 2.46. The number of aliphatic hydroxyl groups excluding tert-OH is 3. The molecule has 1 aliphatic rings. The number of aliphatic hydroxyl groups is 4. The Morgan fingerprint density at radius 2 is 2.00 bits per heavy atom. The minimum Gasteiger partial charge on any atom is -0.394 e. The van der Waals surface area contributed by atoms with Crippen LogP contribution in [-0.2, 0) is 10.3 Å². The van der Waals surface area contributed by atoms with E-state index >= 15 is 0 Å². The number of rotatable bonds is 3. The smallest absolute Gasteiger partial charge is 0.280 e. The number of aromatic amines is 1. The van der Waals surface area contributed by atoms with Gasteiger partial charge in [-0.25, -0.2) is 4.98 Å². The van der Waals surface area contributed by atoms with Crippen molar-refractivity contribution in [3.05, 3.63) is 16.2 Å². The minimum atomic E-state index is -1.51. The zero-order valence-corrected chi connectivity index (χ0v) is 13.0. The molecule has 24 heavy (non-hydrogen) atoms. The van der Waals surface area contributed by atoms with Crippen LogP contribution in [-0.4, -0.2) is 64.9 Å². The fraction of sp³-hybridized carbons (Fsp3) is 0.615. The van der Waals surface area contributed by atoms with E-state index in [2.05, 4.69) is 15.0 Å². The molecule has 132 valence electrons. The van der Waals surface area contributed by atoms with Crippen molar-refractivity contribution in [2.75, 3.05) is 12.3 Å². The van der Waals surface area contributed by atoms with Crippen LogP contribution in [0.15, 0.2) is 4.79 Å². The number of nitrogens with zero attached hydrogens (tertiary/aromatic N) is 3. The van der Waals surface area contributed by atoms with Crippen LogP contribution in [0.5, 0.6) is 0 Å². The molecule has 1 fully saturated rings. The maximum atomic E-state index is 12.0. The Morgan fingerprint density at radius 3 is 2.54 bits per heavy atom. The zero-order valence-electron chi connectivity index (χ0n) is 13.0. The number of nitrogens with two attached hydrogens (primary N) is 1. The van der Waals surface area contributed by atoms with Crippen LogP contribution < -0.4 is 11.3 Å². The van der Waals surface area contributed by atoms with Crippen molar-refractivity contribution in [1.29, 1.82) is 0 Å². The van der Waals surface area contributed by atoms with Gasteiger partial charge in [0, 0.05) is 0 Å². The Bertz CT molecular complexity index is 825. The lowest BCUT2D eigenvalue weighted by Crippen LogP contribution is -2.34. The normalized spacial score (nSPS) is 27.9.